The Morgan fingerprint density at radius 3 is 2.16 bits per heavy atom. The minimum Gasteiger partial charge on any atom is -0.256 e. The van der Waals surface area contributed by atoms with E-state index in [2.05, 4.69) is 49.7 Å². The molecule has 0 saturated heterocycles. The third kappa shape index (κ3) is 6.30. The number of aryl methyl sites for hydroxylation is 1. The van der Waals surface area contributed by atoms with Crippen molar-refractivity contribution in [3.05, 3.63) is 48.2 Å². The number of fused-ring (bicyclic) bond motifs is 1. The van der Waals surface area contributed by atoms with E-state index in [0.29, 0.717) is 0 Å². The molecule has 136 valence electrons. The lowest BCUT2D eigenvalue weighted by atomic mass is 9.98. The smallest absolute Gasteiger partial charge is 0.0740 e. The van der Waals surface area contributed by atoms with Crippen molar-refractivity contribution < 1.29 is 0 Å². The Morgan fingerprint density at radius 1 is 0.880 bits per heavy atom. The first-order valence-electron chi connectivity index (χ1n) is 10.3. The van der Waals surface area contributed by atoms with Crippen LogP contribution in [-0.2, 0) is 6.42 Å². The van der Waals surface area contributed by atoms with Crippen LogP contribution in [0.15, 0.2) is 37.0 Å². The monoisotopic (exact) mass is 337 g/mol. The highest BCUT2D eigenvalue weighted by Gasteiger charge is 2.06. The number of aromatic nitrogens is 1. The maximum atomic E-state index is 4.65. The standard InChI is InChI=1S/C24H35N/c1-4-5-6-7-8-9-10-11-12-13-15-21-16-14-17-23-22(20(2)3)18-19-25-24(21)23/h14,16-19H,2,4-13,15H2,1,3H3. The second kappa shape index (κ2) is 11.1. The average molecular weight is 338 g/mol. The van der Waals surface area contributed by atoms with E-state index in [-0.39, 0.29) is 0 Å². The molecule has 0 spiro atoms. The molecule has 0 fully saturated rings. The van der Waals surface area contributed by atoms with Gasteiger partial charge in [-0.3, -0.25) is 4.98 Å². The number of para-hydroxylation sites is 1. The first kappa shape index (κ1) is 19.7. The summed E-state index contributed by atoms with van der Waals surface area (Å²) in [6, 6.07) is 8.66. The Bertz CT molecular complexity index is 656. The molecule has 0 N–H and O–H groups in total. The maximum absolute atomic E-state index is 4.65. The molecule has 2 rings (SSSR count). The molecule has 0 aliphatic heterocycles. The first-order valence-corrected chi connectivity index (χ1v) is 10.3. The summed E-state index contributed by atoms with van der Waals surface area (Å²) in [7, 11) is 0. The van der Waals surface area contributed by atoms with Gasteiger partial charge in [0.2, 0.25) is 0 Å². The van der Waals surface area contributed by atoms with E-state index in [0.717, 1.165) is 12.0 Å². The van der Waals surface area contributed by atoms with Crippen molar-refractivity contribution in [2.45, 2.75) is 84.5 Å². The molecule has 0 saturated carbocycles. The van der Waals surface area contributed by atoms with Crippen LogP contribution in [-0.4, -0.2) is 4.98 Å². The summed E-state index contributed by atoms with van der Waals surface area (Å²) < 4.78 is 0. The van der Waals surface area contributed by atoms with Crippen LogP contribution < -0.4 is 0 Å². The lowest BCUT2D eigenvalue weighted by molar-refractivity contribution is 0.556. The molecule has 0 bridgehead atoms. The molecule has 0 aliphatic carbocycles. The van der Waals surface area contributed by atoms with E-state index < -0.39 is 0 Å². The zero-order valence-corrected chi connectivity index (χ0v) is 16.3. The van der Waals surface area contributed by atoms with Crippen LogP contribution in [0.25, 0.3) is 16.5 Å². The molecule has 0 radical (unpaired) electrons. The van der Waals surface area contributed by atoms with Crippen molar-refractivity contribution >= 4 is 16.5 Å². The molecule has 1 heterocycles. The molecular weight excluding hydrogens is 302 g/mol. The van der Waals surface area contributed by atoms with E-state index in [1.54, 1.807) is 0 Å². The van der Waals surface area contributed by atoms with Crippen LogP contribution in [0.5, 0.6) is 0 Å². The largest absolute Gasteiger partial charge is 0.256 e. The SMILES string of the molecule is C=C(C)c1ccnc2c(CCCCCCCCCCCC)cccc12. The van der Waals surface area contributed by atoms with E-state index >= 15 is 0 Å². The summed E-state index contributed by atoms with van der Waals surface area (Å²) in [5.74, 6) is 0. The number of rotatable bonds is 12. The van der Waals surface area contributed by atoms with Gasteiger partial charge in [0.1, 0.15) is 0 Å². The van der Waals surface area contributed by atoms with Crippen molar-refractivity contribution in [2.75, 3.05) is 0 Å². The van der Waals surface area contributed by atoms with Gasteiger partial charge in [0.15, 0.2) is 0 Å². The summed E-state index contributed by atoms with van der Waals surface area (Å²) in [6.07, 6.45) is 16.9. The molecule has 0 atom stereocenters. The van der Waals surface area contributed by atoms with Gasteiger partial charge in [-0.25, -0.2) is 0 Å². The number of hydrogen-bond acceptors (Lipinski definition) is 1. The van der Waals surface area contributed by atoms with Gasteiger partial charge in [0.05, 0.1) is 5.52 Å². The summed E-state index contributed by atoms with van der Waals surface area (Å²) in [4.78, 5) is 4.65. The minimum absolute atomic E-state index is 1.11. The molecule has 1 aromatic carbocycles. The van der Waals surface area contributed by atoms with E-state index in [4.69, 9.17) is 0 Å². The van der Waals surface area contributed by atoms with Crippen molar-refractivity contribution in [3.8, 4) is 0 Å². The first-order chi connectivity index (χ1) is 12.2. The molecule has 0 amide bonds. The number of hydrogen-bond donors (Lipinski definition) is 0. The molecule has 1 nitrogen and oxygen atoms in total. The van der Waals surface area contributed by atoms with Gasteiger partial charge < -0.3 is 0 Å². The average Bonchev–Trinajstić information content (AvgIpc) is 2.62. The van der Waals surface area contributed by atoms with Gasteiger partial charge in [-0.2, -0.15) is 0 Å². The fourth-order valence-corrected chi connectivity index (χ4v) is 3.61. The van der Waals surface area contributed by atoms with Gasteiger partial charge >= 0.3 is 0 Å². The normalized spacial score (nSPS) is 11.1. The molecule has 0 unspecified atom stereocenters. The summed E-state index contributed by atoms with van der Waals surface area (Å²) in [5, 5.41) is 1.25. The van der Waals surface area contributed by atoms with Crippen LogP contribution in [0.1, 0.15) is 89.2 Å². The molecule has 0 aliphatic rings. The second-order valence-electron chi connectivity index (χ2n) is 7.38. The lowest BCUT2D eigenvalue weighted by Gasteiger charge is -2.09. The zero-order chi connectivity index (χ0) is 17.9. The van der Waals surface area contributed by atoms with Crippen LogP contribution >= 0.6 is 0 Å². The highest BCUT2D eigenvalue weighted by molar-refractivity contribution is 5.92. The maximum Gasteiger partial charge on any atom is 0.0740 e. The summed E-state index contributed by atoms with van der Waals surface area (Å²) in [6.45, 7) is 8.46. The van der Waals surface area contributed by atoms with E-state index in [1.165, 1.54) is 86.2 Å². The van der Waals surface area contributed by atoms with Gasteiger partial charge in [0, 0.05) is 11.6 Å². The van der Waals surface area contributed by atoms with Crippen LogP contribution in [0.3, 0.4) is 0 Å². The highest BCUT2D eigenvalue weighted by Crippen LogP contribution is 2.25. The Kier molecular flexibility index (Phi) is 8.72. The minimum atomic E-state index is 1.11. The Hall–Kier alpha value is -1.63. The molecule has 2 aromatic rings. The predicted octanol–water partition coefficient (Wildman–Crippen LogP) is 7.73. The molecule has 25 heavy (non-hydrogen) atoms. The second-order valence-corrected chi connectivity index (χ2v) is 7.38. The lowest BCUT2D eigenvalue weighted by Crippen LogP contribution is -1.93. The predicted molar refractivity (Wildman–Crippen MR) is 112 cm³/mol. The molecule has 1 aromatic heterocycles. The topological polar surface area (TPSA) is 12.9 Å². The zero-order valence-electron chi connectivity index (χ0n) is 16.3. The Balaban J connectivity index is 1.75. The number of allylic oxidation sites excluding steroid dienone is 1. The summed E-state index contributed by atoms with van der Waals surface area (Å²) in [5.41, 5.74) is 4.90. The van der Waals surface area contributed by atoms with Gasteiger partial charge in [0.25, 0.3) is 0 Å². The number of benzene rings is 1. The molecular formula is C24H35N. The Labute approximate surface area is 154 Å². The van der Waals surface area contributed by atoms with Gasteiger partial charge in [-0.15, -0.1) is 0 Å². The van der Waals surface area contributed by atoms with Crippen LogP contribution in [0, 0.1) is 0 Å². The van der Waals surface area contributed by atoms with Crippen molar-refractivity contribution in [2.24, 2.45) is 0 Å². The quantitative estimate of drug-likeness (QED) is 0.361. The fourth-order valence-electron chi connectivity index (χ4n) is 3.61. The van der Waals surface area contributed by atoms with Crippen molar-refractivity contribution in [1.82, 2.24) is 4.98 Å². The van der Waals surface area contributed by atoms with Crippen LogP contribution in [0.2, 0.25) is 0 Å². The van der Waals surface area contributed by atoms with Crippen molar-refractivity contribution in [3.63, 3.8) is 0 Å². The Morgan fingerprint density at radius 2 is 1.52 bits per heavy atom. The van der Waals surface area contributed by atoms with Gasteiger partial charge in [-0.05, 0) is 37.0 Å². The fraction of sp³-hybridized carbons (Fsp3) is 0.542. The summed E-state index contributed by atoms with van der Waals surface area (Å²) >= 11 is 0. The van der Waals surface area contributed by atoms with E-state index in [9.17, 15) is 0 Å². The number of unbranched alkanes of at least 4 members (excludes halogenated alkanes) is 9. The molecule has 1 heteroatoms. The third-order valence-corrected chi connectivity index (χ3v) is 5.11. The highest BCUT2D eigenvalue weighted by atomic mass is 14.7. The number of nitrogens with zero attached hydrogens (tertiary/aromatic N) is 1. The van der Waals surface area contributed by atoms with Gasteiger partial charge in [-0.1, -0.05) is 95.1 Å². The van der Waals surface area contributed by atoms with Crippen molar-refractivity contribution in [1.29, 1.82) is 0 Å². The third-order valence-electron chi connectivity index (χ3n) is 5.11. The van der Waals surface area contributed by atoms with Crippen LogP contribution in [0.4, 0.5) is 0 Å². The number of pyridine rings is 1. The van der Waals surface area contributed by atoms with E-state index in [1.807, 2.05) is 6.20 Å².